The highest BCUT2D eigenvalue weighted by atomic mass is 16.6. The van der Waals surface area contributed by atoms with E-state index in [4.69, 9.17) is 0 Å². The fourth-order valence-electron chi connectivity index (χ4n) is 4.22. The molecule has 0 unspecified atom stereocenters. The number of hydrogen-bond donors (Lipinski definition) is 1. The summed E-state index contributed by atoms with van der Waals surface area (Å²) in [5.74, 6) is -0.933. The summed E-state index contributed by atoms with van der Waals surface area (Å²) in [5.41, 5.74) is 0.516. The predicted molar refractivity (Wildman–Crippen MR) is 102 cm³/mol. The van der Waals surface area contributed by atoms with Crippen molar-refractivity contribution in [2.24, 2.45) is 0 Å². The molecule has 1 heterocycles. The molecule has 2 amide bonds. The number of anilines is 2. The predicted octanol–water partition coefficient (Wildman–Crippen LogP) is 2.78. The summed E-state index contributed by atoms with van der Waals surface area (Å²) in [6.45, 7) is 0. The van der Waals surface area contributed by atoms with Gasteiger partial charge < -0.3 is 10.1 Å². The number of aldehydes is 1. The number of nitro benzene ring substituents is 1. The molecule has 1 saturated carbocycles. The molecular weight excluding hydrogens is 362 g/mol. The van der Waals surface area contributed by atoms with E-state index in [0.717, 1.165) is 17.6 Å². The molecule has 3 aliphatic rings. The van der Waals surface area contributed by atoms with Crippen LogP contribution in [0.4, 0.5) is 17.1 Å². The van der Waals surface area contributed by atoms with Crippen LogP contribution in [0.2, 0.25) is 0 Å². The summed E-state index contributed by atoms with van der Waals surface area (Å²) in [4.78, 5) is 49.7. The zero-order valence-corrected chi connectivity index (χ0v) is 15.4. The molecule has 1 fully saturated rings. The summed E-state index contributed by atoms with van der Waals surface area (Å²) >= 11 is 0. The molecule has 144 valence electrons. The van der Waals surface area contributed by atoms with Gasteiger partial charge in [0.15, 0.2) is 0 Å². The Morgan fingerprint density at radius 2 is 2.00 bits per heavy atom. The maximum Gasteiger partial charge on any atom is 0.294 e. The molecule has 0 bridgehead atoms. The van der Waals surface area contributed by atoms with Crippen molar-refractivity contribution in [1.29, 1.82) is 0 Å². The first kappa shape index (κ1) is 18.1. The minimum Gasteiger partial charge on any atom is -0.382 e. The third-order valence-electron chi connectivity index (χ3n) is 5.88. The van der Waals surface area contributed by atoms with Gasteiger partial charge in [0.05, 0.1) is 16.0 Å². The van der Waals surface area contributed by atoms with Crippen LogP contribution in [0.5, 0.6) is 0 Å². The lowest BCUT2D eigenvalue weighted by Gasteiger charge is -2.38. The van der Waals surface area contributed by atoms with Gasteiger partial charge in [-0.05, 0) is 37.3 Å². The number of nitrogens with zero attached hydrogens (tertiary/aromatic N) is 2. The van der Waals surface area contributed by atoms with Gasteiger partial charge >= 0.3 is 0 Å². The van der Waals surface area contributed by atoms with Crippen LogP contribution in [0.15, 0.2) is 35.4 Å². The number of benzene rings is 1. The largest absolute Gasteiger partial charge is 0.382 e. The Morgan fingerprint density at radius 1 is 1.25 bits per heavy atom. The first-order chi connectivity index (χ1) is 13.4. The summed E-state index contributed by atoms with van der Waals surface area (Å²) in [6, 6.07) is 2.80. The van der Waals surface area contributed by atoms with E-state index in [2.05, 4.69) is 5.32 Å². The number of carbonyl (C=O) groups is 3. The molecule has 1 N–H and O–H groups in total. The number of allylic oxidation sites excluding steroid dienone is 1. The van der Waals surface area contributed by atoms with Crippen LogP contribution in [-0.2, 0) is 19.8 Å². The molecule has 0 radical (unpaired) electrons. The molecule has 0 spiro atoms. The number of rotatable bonds is 5. The molecule has 8 heteroatoms. The Hall–Kier alpha value is -3.29. The second-order valence-electron chi connectivity index (χ2n) is 7.30. The highest BCUT2D eigenvalue weighted by molar-refractivity contribution is 6.34. The van der Waals surface area contributed by atoms with E-state index in [9.17, 15) is 24.5 Å². The van der Waals surface area contributed by atoms with E-state index in [-0.39, 0.29) is 17.1 Å². The number of hydrogen-bond acceptors (Lipinski definition) is 6. The average molecular weight is 381 g/mol. The van der Waals surface area contributed by atoms with Gasteiger partial charge in [0.1, 0.15) is 12.0 Å². The van der Waals surface area contributed by atoms with Crippen molar-refractivity contribution in [1.82, 2.24) is 0 Å². The van der Waals surface area contributed by atoms with E-state index in [1.54, 1.807) is 19.2 Å². The van der Waals surface area contributed by atoms with Crippen LogP contribution < -0.4 is 10.2 Å². The SMILES string of the molecule is CNc1c([N+](=O)[O-])cc(N2C(=O)C3=C(CCC=C3)C2=O)cc1C1(C=O)CCC1. The highest BCUT2D eigenvalue weighted by Crippen LogP contribution is 2.49. The zero-order valence-electron chi connectivity index (χ0n) is 15.4. The molecule has 4 rings (SSSR count). The van der Waals surface area contributed by atoms with Gasteiger partial charge in [-0.1, -0.05) is 18.6 Å². The van der Waals surface area contributed by atoms with Gasteiger partial charge in [0, 0.05) is 24.3 Å². The Bertz CT molecular complexity index is 988. The summed E-state index contributed by atoms with van der Waals surface area (Å²) in [6.07, 6.45) is 7.41. The van der Waals surface area contributed by atoms with E-state index >= 15 is 0 Å². The van der Waals surface area contributed by atoms with Gasteiger partial charge in [-0.3, -0.25) is 19.7 Å². The number of nitrogens with one attached hydrogen (secondary N) is 1. The first-order valence-electron chi connectivity index (χ1n) is 9.19. The lowest BCUT2D eigenvalue weighted by atomic mass is 9.65. The zero-order chi connectivity index (χ0) is 20.1. The topological polar surface area (TPSA) is 110 Å². The second kappa shape index (κ2) is 6.40. The summed E-state index contributed by atoms with van der Waals surface area (Å²) in [7, 11) is 1.56. The van der Waals surface area contributed by atoms with Crippen molar-refractivity contribution in [3.8, 4) is 0 Å². The smallest absolute Gasteiger partial charge is 0.294 e. The third-order valence-corrected chi connectivity index (χ3v) is 5.88. The lowest BCUT2D eigenvalue weighted by Crippen LogP contribution is -2.37. The minimum absolute atomic E-state index is 0.131. The number of imide groups is 1. The van der Waals surface area contributed by atoms with Crippen molar-refractivity contribution < 1.29 is 19.3 Å². The van der Waals surface area contributed by atoms with E-state index in [1.165, 1.54) is 6.07 Å². The molecule has 0 aromatic heterocycles. The fraction of sp³-hybridized carbons (Fsp3) is 0.350. The normalized spacial score (nSPS) is 20.1. The van der Waals surface area contributed by atoms with Crippen molar-refractivity contribution in [3.63, 3.8) is 0 Å². The van der Waals surface area contributed by atoms with Crippen LogP contribution in [0.3, 0.4) is 0 Å². The monoisotopic (exact) mass is 381 g/mol. The van der Waals surface area contributed by atoms with Crippen molar-refractivity contribution in [3.05, 3.63) is 51.1 Å². The van der Waals surface area contributed by atoms with E-state index < -0.39 is 22.2 Å². The van der Waals surface area contributed by atoms with E-state index in [1.807, 2.05) is 6.08 Å². The molecule has 1 aliphatic heterocycles. The van der Waals surface area contributed by atoms with Crippen LogP contribution >= 0.6 is 0 Å². The van der Waals surface area contributed by atoms with Gasteiger partial charge in [-0.25, -0.2) is 4.90 Å². The third kappa shape index (κ3) is 2.41. The van der Waals surface area contributed by atoms with Crippen LogP contribution in [0.1, 0.15) is 37.7 Å². The molecule has 1 aromatic rings. The molecule has 0 atom stereocenters. The van der Waals surface area contributed by atoms with Gasteiger partial charge in [0.2, 0.25) is 0 Å². The van der Waals surface area contributed by atoms with Crippen molar-refractivity contribution >= 4 is 35.2 Å². The highest BCUT2D eigenvalue weighted by Gasteiger charge is 2.44. The molecule has 28 heavy (non-hydrogen) atoms. The molecular formula is C20H19N3O5. The van der Waals surface area contributed by atoms with Crippen molar-refractivity contribution in [2.45, 2.75) is 37.5 Å². The van der Waals surface area contributed by atoms with Gasteiger partial charge in [0.25, 0.3) is 17.5 Å². The Morgan fingerprint density at radius 3 is 2.54 bits per heavy atom. The average Bonchev–Trinajstić information content (AvgIpc) is 2.91. The summed E-state index contributed by atoms with van der Waals surface area (Å²) in [5, 5.41) is 14.5. The second-order valence-corrected chi connectivity index (χ2v) is 7.30. The quantitative estimate of drug-likeness (QED) is 0.363. The van der Waals surface area contributed by atoms with Crippen LogP contribution in [-0.4, -0.2) is 30.1 Å². The molecule has 2 aliphatic carbocycles. The Kier molecular flexibility index (Phi) is 4.14. The Balaban J connectivity index is 1.89. The van der Waals surface area contributed by atoms with Gasteiger partial charge in [-0.2, -0.15) is 0 Å². The molecule has 1 aromatic carbocycles. The van der Waals surface area contributed by atoms with E-state index in [0.29, 0.717) is 42.4 Å². The van der Waals surface area contributed by atoms with Crippen LogP contribution in [0.25, 0.3) is 0 Å². The van der Waals surface area contributed by atoms with Gasteiger partial charge in [-0.15, -0.1) is 0 Å². The van der Waals surface area contributed by atoms with Crippen LogP contribution in [0, 0.1) is 10.1 Å². The summed E-state index contributed by atoms with van der Waals surface area (Å²) < 4.78 is 0. The van der Waals surface area contributed by atoms with Crippen molar-refractivity contribution in [2.75, 3.05) is 17.3 Å². The lowest BCUT2D eigenvalue weighted by molar-refractivity contribution is -0.383. The molecule has 8 nitrogen and oxygen atoms in total. The maximum atomic E-state index is 12.9. The maximum absolute atomic E-state index is 12.9. The Labute approximate surface area is 161 Å². The number of carbonyl (C=O) groups excluding carboxylic acids is 3. The first-order valence-corrected chi connectivity index (χ1v) is 9.19. The fourth-order valence-corrected chi connectivity index (χ4v) is 4.22. The minimum atomic E-state index is -0.835. The standard InChI is InChI=1S/C20H19N3O5/c1-21-17-15(20(11-24)7-4-8-20)9-12(10-16(17)23(27)28)22-18(25)13-5-2-3-6-14(13)19(22)26/h2,5,9-11,21H,3-4,6-8H2,1H3. The molecule has 0 saturated heterocycles. The number of amides is 2. The number of nitro groups is 1.